The number of carbonyl (C=O) groups is 1. The van der Waals surface area contributed by atoms with Crippen LogP contribution in [0.25, 0.3) is 6.08 Å². The Morgan fingerprint density at radius 2 is 1.73 bits per heavy atom. The molecule has 0 saturated heterocycles. The van der Waals surface area contributed by atoms with Crippen LogP contribution in [0.2, 0.25) is 0 Å². The molecule has 138 valence electrons. The van der Waals surface area contributed by atoms with Crippen LogP contribution in [0.3, 0.4) is 0 Å². The Labute approximate surface area is 151 Å². The van der Waals surface area contributed by atoms with Gasteiger partial charge in [0.15, 0.2) is 17.4 Å². The van der Waals surface area contributed by atoms with Gasteiger partial charge in [-0.1, -0.05) is 12.1 Å². The van der Waals surface area contributed by atoms with Crippen molar-refractivity contribution >= 4 is 12.0 Å². The van der Waals surface area contributed by atoms with Gasteiger partial charge in [0.05, 0.1) is 0 Å². The molecule has 0 heterocycles. The van der Waals surface area contributed by atoms with Crippen LogP contribution in [0, 0.1) is 11.6 Å². The highest BCUT2D eigenvalue weighted by molar-refractivity contribution is 5.91. The Kier molecular flexibility index (Phi) is 6.46. The van der Waals surface area contributed by atoms with Crippen molar-refractivity contribution < 1.29 is 23.4 Å². The molecule has 0 aliphatic rings. The minimum atomic E-state index is -1.15. The molecule has 6 heteroatoms. The van der Waals surface area contributed by atoms with E-state index in [1.54, 1.807) is 12.1 Å². The van der Waals surface area contributed by atoms with Crippen LogP contribution in [-0.4, -0.2) is 36.6 Å². The van der Waals surface area contributed by atoms with Crippen molar-refractivity contribution in [1.29, 1.82) is 0 Å². The first-order valence-corrected chi connectivity index (χ1v) is 8.08. The van der Waals surface area contributed by atoms with E-state index in [0.29, 0.717) is 5.75 Å². The second-order valence-corrected chi connectivity index (χ2v) is 6.25. The summed E-state index contributed by atoms with van der Waals surface area (Å²) >= 11 is 0. The van der Waals surface area contributed by atoms with Crippen molar-refractivity contribution in [2.24, 2.45) is 0 Å². The number of hydrogen-bond acceptors (Lipinski definition) is 3. The second kappa shape index (κ2) is 8.58. The van der Waals surface area contributed by atoms with Gasteiger partial charge in [0.1, 0.15) is 5.75 Å². The maximum absolute atomic E-state index is 14.2. The fourth-order valence-corrected chi connectivity index (χ4v) is 2.27. The lowest BCUT2D eigenvalue weighted by molar-refractivity contribution is -0.132. The molecule has 2 aromatic rings. The van der Waals surface area contributed by atoms with Crippen molar-refractivity contribution in [3.8, 4) is 11.5 Å². The van der Waals surface area contributed by atoms with E-state index in [-0.39, 0.29) is 11.1 Å². The molecule has 0 fully saturated rings. The fourth-order valence-electron chi connectivity index (χ4n) is 2.27. The summed E-state index contributed by atoms with van der Waals surface area (Å²) in [5.41, 5.74) is 1.19. The third kappa shape index (κ3) is 5.39. The van der Waals surface area contributed by atoms with Gasteiger partial charge in [-0.3, -0.25) is 0 Å². The summed E-state index contributed by atoms with van der Waals surface area (Å²) in [5.74, 6) is -3.14. The molecule has 0 saturated carbocycles. The molecular formula is C20H21F2NO3. The molecule has 0 aromatic heterocycles. The molecule has 0 unspecified atom stereocenters. The van der Waals surface area contributed by atoms with Gasteiger partial charge in [0, 0.05) is 12.1 Å². The average Bonchev–Trinajstić information content (AvgIpc) is 2.57. The van der Waals surface area contributed by atoms with Crippen molar-refractivity contribution in [2.75, 3.05) is 20.6 Å². The minimum Gasteiger partial charge on any atom is -0.478 e. The first-order valence-electron chi connectivity index (χ1n) is 8.08. The summed E-state index contributed by atoms with van der Waals surface area (Å²) in [5, 5.41) is 8.84. The minimum absolute atomic E-state index is 0.0224. The van der Waals surface area contributed by atoms with Gasteiger partial charge in [0.25, 0.3) is 0 Å². The number of nitrogens with zero attached hydrogens (tertiary/aromatic N) is 1. The topological polar surface area (TPSA) is 49.8 Å². The van der Waals surface area contributed by atoms with E-state index in [4.69, 9.17) is 9.84 Å². The van der Waals surface area contributed by atoms with Gasteiger partial charge in [-0.05, 0) is 68.9 Å². The number of hydrogen-bond donors (Lipinski definition) is 1. The number of benzene rings is 2. The third-order valence-electron chi connectivity index (χ3n) is 3.73. The number of halogens is 2. The number of aliphatic carboxylic acids is 1. The summed E-state index contributed by atoms with van der Waals surface area (Å²) in [6.07, 6.45) is 2.05. The van der Waals surface area contributed by atoms with E-state index in [9.17, 15) is 13.6 Å². The lowest BCUT2D eigenvalue weighted by atomic mass is 10.1. The molecule has 0 radical (unpaired) electrons. The highest BCUT2D eigenvalue weighted by Crippen LogP contribution is 2.29. The monoisotopic (exact) mass is 361 g/mol. The Morgan fingerprint density at radius 3 is 2.23 bits per heavy atom. The number of ether oxygens (including phenoxy) is 1. The van der Waals surface area contributed by atoms with Gasteiger partial charge < -0.3 is 14.7 Å². The highest BCUT2D eigenvalue weighted by Gasteiger charge is 2.14. The molecule has 0 aliphatic heterocycles. The molecular weight excluding hydrogens is 340 g/mol. The molecule has 0 aliphatic carbocycles. The Bertz CT molecular complexity index is 791. The first kappa shape index (κ1) is 19.6. The van der Waals surface area contributed by atoms with E-state index >= 15 is 0 Å². The summed E-state index contributed by atoms with van der Waals surface area (Å²) in [4.78, 5) is 12.9. The quantitative estimate of drug-likeness (QED) is 0.745. The predicted molar refractivity (Wildman–Crippen MR) is 96.4 cm³/mol. The normalized spacial score (nSPS) is 11.7. The molecule has 0 atom stereocenters. The van der Waals surface area contributed by atoms with Crippen molar-refractivity contribution in [3.63, 3.8) is 0 Å². The van der Waals surface area contributed by atoms with E-state index in [1.807, 2.05) is 26.2 Å². The largest absolute Gasteiger partial charge is 0.478 e. The van der Waals surface area contributed by atoms with Crippen molar-refractivity contribution in [3.05, 3.63) is 64.7 Å². The van der Waals surface area contributed by atoms with Crippen LogP contribution in [0.4, 0.5) is 8.78 Å². The van der Waals surface area contributed by atoms with E-state index in [2.05, 4.69) is 4.90 Å². The molecule has 0 amide bonds. The zero-order valence-corrected chi connectivity index (χ0v) is 14.9. The Balaban J connectivity index is 2.17. The fraction of sp³-hybridized carbons (Fsp3) is 0.250. The van der Waals surface area contributed by atoms with Gasteiger partial charge in [-0.15, -0.1) is 0 Å². The Morgan fingerprint density at radius 1 is 1.15 bits per heavy atom. The van der Waals surface area contributed by atoms with Crippen molar-refractivity contribution in [2.45, 2.75) is 13.3 Å². The average molecular weight is 361 g/mol. The smallest absolute Gasteiger partial charge is 0.331 e. The second-order valence-electron chi connectivity index (χ2n) is 6.25. The van der Waals surface area contributed by atoms with Gasteiger partial charge in [-0.25, -0.2) is 13.6 Å². The molecule has 2 rings (SSSR count). The van der Waals surface area contributed by atoms with Crippen LogP contribution < -0.4 is 4.74 Å². The summed E-state index contributed by atoms with van der Waals surface area (Å²) in [6.45, 7) is 2.24. The molecule has 1 N–H and O–H groups in total. The van der Waals surface area contributed by atoms with Crippen LogP contribution in [0.5, 0.6) is 11.5 Å². The number of carboxylic acid groups (broad SMARTS) is 1. The number of likely N-dealkylation sites (N-methyl/N-ethyl adjacent to an activating group) is 1. The lowest BCUT2D eigenvalue weighted by Crippen LogP contribution is -2.14. The zero-order valence-electron chi connectivity index (χ0n) is 14.9. The number of carboxylic acids is 1. The summed E-state index contributed by atoms with van der Waals surface area (Å²) in [7, 11) is 3.97. The van der Waals surface area contributed by atoms with Gasteiger partial charge in [0.2, 0.25) is 0 Å². The van der Waals surface area contributed by atoms with Crippen LogP contribution >= 0.6 is 0 Å². The summed E-state index contributed by atoms with van der Waals surface area (Å²) < 4.78 is 33.7. The molecule has 4 nitrogen and oxygen atoms in total. The van der Waals surface area contributed by atoms with Crippen LogP contribution in [-0.2, 0) is 11.2 Å². The van der Waals surface area contributed by atoms with Crippen molar-refractivity contribution in [1.82, 2.24) is 4.90 Å². The maximum atomic E-state index is 14.2. The van der Waals surface area contributed by atoms with E-state index in [1.165, 1.54) is 13.0 Å². The molecule has 0 bridgehead atoms. The first-order chi connectivity index (χ1) is 12.3. The SMILES string of the molecule is C/C(=C\c1cc(F)c(Oc2ccc(CCN(C)C)cc2)c(F)c1)C(=O)O. The number of rotatable bonds is 7. The van der Waals surface area contributed by atoms with Crippen LogP contribution in [0.15, 0.2) is 42.0 Å². The molecule has 26 heavy (non-hydrogen) atoms. The lowest BCUT2D eigenvalue weighted by Gasteiger charge is -2.11. The van der Waals surface area contributed by atoms with E-state index in [0.717, 1.165) is 30.7 Å². The standard InChI is InChI=1S/C20H21F2NO3/c1-13(20(24)25)10-15-11-17(21)19(18(22)12-15)26-16-6-4-14(5-7-16)8-9-23(2)3/h4-7,10-12H,8-9H2,1-3H3,(H,24,25)/b13-10+. The molecule has 0 spiro atoms. The third-order valence-corrected chi connectivity index (χ3v) is 3.73. The Hall–Kier alpha value is -2.73. The van der Waals surface area contributed by atoms with Gasteiger partial charge >= 0.3 is 5.97 Å². The maximum Gasteiger partial charge on any atom is 0.331 e. The van der Waals surface area contributed by atoms with Gasteiger partial charge in [-0.2, -0.15) is 0 Å². The molecule has 2 aromatic carbocycles. The van der Waals surface area contributed by atoms with E-state index < -0.39 is 23.4 Å². The predicted octanol–water partition coefficient (Wildman–Crippen LogP) is 4.35. The zero-order chi connectivity index (χ0) is 19.3. The summed E-state index contributed by atoms with van der Waals surface area (Å²) in [6, 6.07) is 9.09. The highest BCUT2D eigenvalue weighted by atomic mass is 19.1. The van der Waals surface area contributed by atoms with Crippen LogP contribution in [0.1, 0.15) is 18.1 Å².